The van der Waals surface area contributed by atoms with Crippen LogP contribution in [0.4, 0.5) is 10.1 Å². The fourth-order valence-corrected chi connectivity index (χ4v) is 1.45. The van der Waals surface area contributed by atoms with Crippen molar-refractivity contribution < 1.29 is 14.4 Å². The molecule has 0 aliphatic rings. The zero-order valence-corrected chi connectivity index (χ0v) is 9.15. The van der Waals surface area contributed by atoms with Crippen molar-refractivity contribution in [1.82, 2.24) is 15.0 Å². The highest BCUT2D eigenvalue weighted by Gasteiger charge is 2.12. The number of nitrogens with zero attached hydrogens (tertiary/aromatic N) is 4. The third-order valence-electron chi connectivity index (χ3n) is 2.25. The van der Waals surface area contributed by atoms with Gasteiger partial charge in [-0.05, 0) is 0 Å². The van der Waals surface area contributed by atoms with Gasteiger partial charge < -0.3 is 5.11 Å². The zero-order chi connectivity index (χ0) is 13.1. The van der Waals surface area contributed by atoms with E-state index in [2.05, 4.69) is 10.3 Å². The fraction of sp³-hybridized carbons (Fsp3) is 0.200. The number of nitro groups is 1. The number of hydrogen-bond donors (Lipinski definition) is 1. The first-order valence-corrected chi connectivity index (χ1v) is 5.07. The first kappa shape index (κ1) is 12.1. The van der Waals surface area contributed by atoms with E-state index in [4.69, 9.17) is 5.11 Å². The molecular formula is C10H9FN4O3. The Hall–Kier alpha value is -2.35. The van der Waals surface area contributed by atoms with Crippen LogP contribution < -0.4 is 0 Å². The summed E-state index contributed by atoms with van der Waals surface area (Å²) in [5.74, 6) is -0.724. The molecule has 94 valence electrons. The maximum atomic E-state index is 13.2. The van der Waals surface area contributed by atoms with Crippen molar-refractivity contribution in [3.8, 4) is 5.69 Å². The van der Waals surface area contributed by atoms with Gasteiger partial charge in [-0.15, -0.1) is 5.10 Å². The lowest BCUT2D eigenvalue weighted by Gasteiger charge is -2.00. The van der Waals surface area contributed by atoms with Crippen molar-refractivity contribution in [3.05, 3.63) is 46.0 Å². The standard InChI is InChI=1S/C10H9FN4O3/c11-7-3-9(5-10(4-7)15(17)18)14-6-8(1-2-16)12-13-14/h3-6,16H,1-2H2. The van der Waals surface area contributed by atoms with E-state index in [1.54, 1.807) is 0 Å². The predicted octanol–water partition coefficient (Wildman–Crippen LogP) is 0.849. The van der Waals surface area contributed by atoms with Crippen LogP contribution in [0.25, 0.3) is 5.69 Å². The van der Waals surface area contributed by atoms with Crippen LogP contribution in [0.3, 0.4) is 0 Å². The largest absolute Gasteiger partial charge is 0.396 e. The van der Waals surface area contributed by atoms with E-state index in [1.165, 1.54) is 16.9 Å². The van der Waals surface area contributed by atoms with Crippen LogP contribution in [0, 0.1) is 15.9 Å². The molecule has 1 heterocycles. The molecule has 1 aromatic heterocycles. The van der Waals surface area contributed by atoms with Crippen molar-refractivity contribution in [1.29, 1.82) is 0 Å². The van der Waals surface area contributed by atoms with Gasteiger partial charge >= 0.3 is 0 Å². The lowest BCUT2D eigenvalue weighted by atomic mass is 10.2. The summed E-state index contributed by atoms with van der Waals surface area (Å²) >= 11 is 0. The number of benzene rings is 1. The summed E-state index contributed by atoms with van der Waals surface area (Å²) < 4.78 is 14.4. The molecule has 0 bridgehead atoms. The number of aliphatic hydroxyl groups excluding tert-OH is 1. The molecule has 0 aliphatic carbocycles. The summed E-state index contributed by atoms with van der Waals surface area (Å²) in [7, 11) is 0. The van der Waals surface area contributed by atoms with Crippen LogP contribution in [0.1, 0.15) is 5.69 Å². The summed E-state index contributed by atoms with van der Waals surface area (Å²) in [5.41, 5.74) is 0.368. The summed E-state index contributed by atoms with van der Waals surface area (Å²) in [6.07, 6.45) is 1.80. The van der Waals surface area contributed by atoms with Crippen molar-refractivity contribution in [3.63, 3.8) is 0 Å². The molecule has 0 amide bonds. The number of hydrogen-bond acceptors (Lipinski definition) is 5. The molecule has 1 N–H and O–H groups in total. The normalized spacial score (nSPS) is 10.6. The summed E-state index contributed by atoms with van der Waals surface area (Å²) in [4.78, 5) is 9.92. The molecule has 0 aliphatic heterocycles. The van der Waals surface area contributed by atoms with Crippen LogP contribution in [-0.2, 0) is 6.42 Å². The summed E-state index contributed by atoms with van der Waals surface area (Å²) in [6.45, 7) is -0.0814. The van der Waals surface area contributed by atoms with Crippen LogP contribution in [0.2, 0.25) is 0 Å². The van der Waals surface area contributed by atoms with E-state index < -0.39 is 10.7 Å². The topological polar surface area (TPSA) is 94.1 Å². The second kappa shape index (κ2) is 4.88. The fourth-order valence-electron chi connectivity index (χ4n) is 1.45. The van der Waals surface area contributed by atoms with Gasteiger partial charge in [-0.2, -0.15) is 0 Å². The van der Waals surface area contributed by atoms with Crippen molar-refractivity contribution in [2.24, 2.45) is 0 Å². The second-order valence-corrected chi connectivity index (χ2v) is 3.55. The van der Waals surface area contributed by atoms with E-state index in [9.17, 15) is 14.5 Å². The molecule has 0 saturated carbocycles. The van der Waals surface area contributed by atoms with Crippen LogP contribution in [-0.4, -0.2) is 31.6 Å². The van der Waals surface area contributed by atoms with Gasteiger partial charge in [0.15, 0.2) is 0 Å². The number of nitro benzene ring substituents is 1. The van der Waals surface area contributed by atoms with Crippen molar-refractivity contribution in [2.45, 2.75) is 6.42 Å². The van der Waals surface area contributed by atoms with Gasteiger partial charge in [0.2, 0.25) is 0 Å². The molecule has 0 spiro atoms. The summed E-state index contributed by atoms with van der Waals surface area (Å²) in [5, 5.41) is 26.8. The smallest absolute Gasteiger partial charge is 0.274 e. The number of aromatic nitrogens is 3. The molecule has 7 nitrogen and oxygen atoms in total. The highest BCUT2D eigenvalue weighted by Crippen LogP contribution is 2.18. The van der Waals surface area contributed by atoms with Crippen molar-refractivity contribution in [2.75, 3.05) is 6.61 Å². The van der Waals surface area contributed by atoms with E-state index >= 15 is 0 Å². The van der Waals surface area contributed by atoms with Gasteiger partial charge in [0.05, 0.1) is 28.6 Å². The lowest BCUT2D eigenvalue weighted by Crippen LogP contribution is -1.98. The molecule has 1 aromatic carbocycles. The molecule has 0 radical (unpaired) electrons. The average Bonchev–Trinajstić information content (AvgIpc) is 2.77. The van der Waals surface area contributed by atoms with E-state index in [0.29, 0.717) is 12.1 Å². The number of aliphatic hydroxyl groups is 1. The molecule has 2 aromatic rings. The van der Waals surface area contributed by atoms with E-state index in [0.717, 1.165) is 12.1 Å². The van der Waals surface area contributed by atoms with Gasteiger partial charge in [0, 0.05) is 25.2 Å². The Kier molecular flexibility index (Phi) is 3.28. The van der Waals surface area contributed by atoms with Crippen LogP contribution >= 0.6 is 0 Å². The van der Waals surface area contributed by atoms with Gasteiger partial charge in [-0.25, -0.2) is 9.07 Å². The SMILES string of the molecule is O=[N+]([O-])c1cc(F)cc(-n2cc(CCO)nn2)c1. The Labute approximate surface area is 101 Å². The molecule has 0 fully saturated rings. The average molecular weight is 252 g/mol. The maximum absolute atomic E-state index is 13.2. The van der Waals surface area contributed by atoms with E-state index in [-0.39, 0.29) is 18.0 Å². The van der Waals surface area contributed by atoms with Gasteiger partial charge in [0.25, 0.3) is 5.69 Å². The molecule has 0 unspecified atom stereocenters. The molecule has 2 rings (SSSR count). The van der Waals surface area contributed by atoms with Gasteiger partial charge in [0.1, 0.15) is 5.82 Å². The third kappa shape index (κ3) is 2.48. The summed E-state index contributed by atoms with van der Waals surface area (Å²) in [6, 6.07) is 3.14. The Morgan fingerprint density at radius 2 is 2.22 bits per heavy atom. The minimum atomic E-state index is -0.724. The Morgan fingerprint density at radius 3 is 2.89 bits per heavy atom. The number of non-ortho nitro benzene ring substituents is 1. The number of halogens is 1. The predicted molar refractivity (Wildman–Crippen MR) is 58.8 cm³/mol. The molecule has 0 atom stereocenters. The number of rotatable bonds is 4. The zero-order valence-electron chi connectivity index (χ0n) is 9.15. The van der Waals surface area contributed by atoms with Crippen LogP contribution in [0.15, 0.2) is 24.4 Å². The van der Waals surface area contributed by atoms with Gasteiger partial charge in [-0.1, -0.05) is 5.21 Å². The Bertz CT molecular complexity index is 584. The minimum Gasteiger partial charge on any atom is -0.396 e. The second-order valence-electron chi connectivity index (χ2n) is 3.55. The first-order valence-electron chi connectivity index (χ1n) is 5.07. The third-order valence-corrected chi connectivity index (χ3v) is 2.25. The molecular weight excluding hydrogens is 243 g/mol. The highest BCUT2D eigenvalue weighted by atomic mass is 19.1. The maximum Gasteiger partial charge on any atom is 0.274 e. The highest BCUT2D eigenvalue weighted by molar-refractivity contribution is 5.43. The van der Waals surface area contributed by atoms with Crippen LogP contribution in [0.5, 0.6) is 0 Å². The minimum absolute atomic E-state index is 0.0814. The lowest BCUT2D eigenvalue weighted by molar-refractivity contribution is -0.385. The van der Waals surface area contributed by atoms with Gasteiger partial charge in [-0.3, -0.25) is 10.1 Å². The quantitative estimate of drug-likeness (QED) is 0.643. The first-order chi connectivity index (χ1) is 8.60. The Balaban J connectivity index is 2.39. The molecule has 8 heteroatoms. The molecule has 18 heavy (non-hydrogen) atoms. The Morgan fingerprint density at radius 1 is 1.44 bits per heavy atom. The van der Waals surface area contributed by atoms with E-state index in [1.807, 2.05) is 0 Å². The van der Waals surface area contributed by atoms with Crippen molar-refractivity contribution >= 4 is 5.69 Å². The monoisotopic (exact) mass is 252 g/mol. The molecule has 0 saturated heterocycles.